The van der Waals surface area contributed by atoms with Gasteiger partial charge in [-0.3, -0.25) is 10.1 Å². The highest BCUT2D eigenvalue weighted by Crippen LogP contribution is 2.38. The van der Waals surface area contributed by atoms with Crippen LogP contribution in [0, 0.1) is 0 Å². The molecule has 4 rings (SSSR count). The van der Waals surface area contributed by atoms with E-state index in [0.29, 0.717) is 17.9 Å². The Labute approximate surface area is 166 Å². The number of amides is 3. The summed E-state index contributed by atoms with van der Waals surface area (Å²) >= 11 is 6.05. The summed E-state index contributed by atoms with van der Waals surface area (Å²) in [6.07, 6.45) is 0. The number of nitrogens with one attached hydrogen (secondary N) is 2. The third kappa shape index (κ3) is 2.75. The Balaban J connectivity index is 1.72. The number of imide groups is 1. The zero-order valence-electron chi connectivity index (χ0n) is 15.1. The van der Waals surface area contributed by atoms with Crippen LogP contribution in [0.1, 0.15) is 16.7 Å². The first kappa shape index (κ1) is 18.2. The van der Waals surface area contributed by atoms with Crippen LogP contribution in [0.15, 0.2) is 43.0 Å². The van der Waals surface area contributed by atoms with Crippen LogP contribution in [0.5, 0.6) is 11.5 Å². The fraction of sp³-hybridized carbons (Fsp3) is 0.200. The Hall–Kier alpha value is -3.19. The number of hydrogen-bond donors (Lipinski definition) is 3. The highest BCUT2D eigenvalue weighted by molar-refractivity contribution is 6.32. The molecular formula is C20H18ClN3O4. The monoisotopic (exact) mass is 399 g/mol. The zero-order valence-corrected chi connectivity index (χ0v) is 15.8. The summed E-state index contributed by atoms with van der Waals surface area (Å²) in [7, 11) is 1.60. The SMILES string of the molecule is C=C1c2cc(OC)ccc2CN1C[C@@]1(c2ccc(O)c(Cl)c2)NC(=O)NC1=O. The van der Waals surface area contributed by atoms with Gasteiger partial charge in [0.2, 0.25) is 0 Å². The number of ether oxygens (including phenoxy) is 1. The molecule has 2 aromatic carbocycles. The number of carbonyl (C=O) groups is 2. The second-order valence-corrected chi connectivity index (χ2v) is 7.21. The predicted molar refractivity (Wildman–Crippen MR) is 104 cm³/mol. The maximum absolute atomic E-state index is 12.8. The standard InChI is InChI=1S/C20H18ClN3O4/c1-11-15-8-14(28-2)5-3-12(15)9-24(11)10-20(18(26)22-19(27)23-20)13-4-6-17(25)16(21)7-13/h3-8,25H,1,9-10H2,2H3,(H2,22,23,26,27)/t20-/m0/s1. The summed E-state index contributed by atoms with van der Waals surface area (Å²) in [5.74, 6) is 0.129. The fourth-order valence-corrected chi connectivity index (χ4v) is 3.85. The van der Waals surface area contributed by atoms with Gasteiger partial charge in [-0.15, -0.1) is 0 Å². The molecule has 2 heterocycles. The second kappa shape index (κ2) is 6.45. The van der Waals surface area contributed by atoms with Crippen LogP contribution in [0.4, 0.5) is 4.79 Å². The Morgan fingerprint density at radius 2 is 2.07 bits per heavy atom. The average molecular weight is 400 g/mol. The van der Waals surface area contributed by atoms with E-state index >= 15 is 0 Å². The molecule has 0 spiro atoms. The number of benzene rings is 2. The van der Waals surface area contributed by atoms with Gasteiger partial charge in [0.25, 0.3) is 5.91 Å². The van der Waals surface area contributed by atoms with Crippen LogP contribution in [0.3, 0.4) is 0 Å². The maximum atomic E-state index is 12.8. The molecule has 2 aliphatic heterocycles. The number of fused-ring (bicyclic) bond motifs is 1. The molecule has 2 aromatic rings. The maximum Gasteiger partial charge on any atom is 0.322 e. The third-order valence-electron chi connectivity index (χ3n) is 5.18. The van der Waals surface area contributed by atoms with E-state index in [0.717, 1.165) is 16.8 Å². The Morgan fingerprint density at radius 3 is 2.71 bits per heavy atom. The Morgan fingerprint density at radius 1 is 1.29 bits per heavy atom. The number of aromatic hydroxyl groups is 1. The minimum atomic E-state index is -1.36. The molecule has 0 aromatic heterocycles. The molecule has 28 heavy (non-hydrogen) atoms. The quantitative estimate of drug-likeness (QED) is 0.687. The van der Waals surface area contributed by atoms with Crippen molar-refractivity contribution in [3.05, 3.63) is 64.7 Å². The molecule has 0 radical (unpaired) electrons. The van der Waals surface area contributed by atoms with Gasteiger partial charge in [0.1, 0.15) is 11.5 Å². The number of nitrogens with zero attached hydrogens (tertiary/aromatic N) is 1. The van der Waals surface area contributed by atoms with E-state index in [1.807, 2.05) is 23.1 Å². The van der Waals surface area contributed by atoms with Gasteiger partial charge in [0.15, 0.2) is 5.54 Å². The molecule has 144 valence electrons. The van der Waals surface area contributed by atoms with E-state index in [2.05, 4.69) is 17.2 Å². The molecule has 3 N–H and O–H groups in total. The normalized spacial score (nSPS) is 20.8. The number of urea groups is 1. The molecule has 1 atom stereocenters. The Kier molecular flexibility index (Phi) is 4.19. The lowest BCUT2D eigenvalue weighted by molar-refractivity contribution is -0.124. The number of phenols is 1. The van der Waals surface area contributed by atoms with Crippen molar-refractivity contribution in [1.29, 1.82) is 0 Å². The minimum Gasteiger partial charge on any atom is -0.506 e. The van der Waals surface area contributed by atoms with E-state index in [-0.39, 0.29) is 17.3 Å². The summed E-state index contributed by atoms with van der Waals surface area (Å²) in [4.78, 5) is 26.7. The number of halogens is 1. The number of hydrogen-bond acceptors (Lipinski definition) is 5. The van der Waals surface area contributed by atoms with E-state index in [4.69, 9.17) is 16.3 Å². The number of phenolic OH excluding ortho intramolecular Hbond substituents is 1. The first-order valence-electron chi connectivity index (χ1n) is 8.58. The van der Waals surface area contributed by atoms with Gasteiger partial charge in [-0.1, -0.05) is 30.3 Å². The molecular weight excluding hydrogens is 382 g/mol. The fourth-order valence-electron chi connectivity index (χ4n) is 3.67. The van der Waals surface area contributed by atoms with Crippen LogP contribution in [0.2, 0.25) is 5.02 Å². The van der Waals surface area contributed by atoms with Crippen LogP contribution in [-0.4, -0.2) is 35.6 Å². The third-order valence-corrected chi connectivity index (χ3v) is 5.48. The lowest BCUT2D eigenvalue weighted by Crippen LogP contribution is -2.51. The van der Waals surface area contributed by atoms with Crippen LogP contribution >= 0.6 is 11.6 Å². The van der Waals surface area contributed by atoms with Crippen molar-refractivity contribution in [2.75, 3.05) is 13.7 Å². The lowest BCUT2D eigenvalue weighted by Gasteiger charge is -2.33. The summed E-state index contributed by atoms with van der Waals surface area (Å²) < 4.78 is 5.28. The smallest absolute Gasteiger partial charge is 0.322 e. The molecule has 0 unspecified atom stereocenters. The van der Waals surface area contributed by atoms with Crippen molar-refractivity contribution in [3.8, 4) is 11.5 Å². The average Bonchev–Trinajstić information content (AvgIpc) is 3.13. The summed E-state index contributed by atoms with van der Waals surface area (Å²) in [6.45, 7) is 4.85. The van der Waals surface area contributed by atoms with E-state index in [1.54, 1.807) is 13.2 Å². The van der Waals surface area contributed by atoms with Gasteiger partial charge in [-0.2, -0.15) is 0 Å². The molecule has 2 aliphatic rings. The topological polar surface area (TPSA) is 90.9 Å². The van der Waals surface area contributed by atoms with Gasteiger partial charge in [-0.25, -0.2) is 4.79 Å². The first-order chi connectivity index (χ1) is 13.3. The van der Waals surface area contributed by atoms with Gasteiger partial charge in [-0.05, 0) is 35.4 Å². The molecule has 0 bridgehead atoms. The summed E-state index contributed by atoms with van der Waals surface area (Å²) in [5.41, 5.74) is 1.83. The minimum absolute atomic E-state index is 0.0964. The van der Waals surface area contributed by atoms with E-state index in [9.17, 15) is 14.7 Å². The van der Waals surface area contributed by atoms with Crippen molar-refractivity contribution in [1.82, 2.24) is 15.5 Å². The van der Waals surface area contributed by atoms with Crippen molar-refractivity contribution >= 4 is 29.2 Å². The number of carbonyl (C=O) groups excluding carboxylic acids is 2. The number of methoxy groups -OCH3 is 1. The predicted octanol–water partition coefficient (Wildman–Crippen LogP) is 2.58. The molecule has 3 amide bonds. The highest BCUT2D eigenvalue weighted by Gasteiger charge is 2.50. The van der Waals surface area contributed by atoms with Crippen LogP contribution in [0.25, 0.3) is 5.70 Å². The zero-order chi connectivity index (χ0) is 20.1. The second-order valence-electron chi connectivity index (χ2n) is 6.81. The van der Waals surface area contributed by atoms with E-state index < -0.39 is 17.5 Å². The van der Waals surface area contributed by atoms with Gasteiger partial charge >= 0.3 is 6.03 Å². The molecule has 0 saturated carbocycles. The Bertz CT molecular complexity index is 1020. The number of rotatable bonds is 4. The summed E-state index contributed by atoms with van der Waals surface area (Å²) in [5, 5.41) is 14.8. The van der Waals surface area contributed by atoms with Gasteiger partial charge < -0.3 is 20.1 Å². The molecule has 0 aliphatic carbocycles. The van der Waals surface area contributed by atoms with Crippen molar-refractivity contribution in [3.63, 3.8) is 0 Å². The van der Waals surface area contributed by atoms with E-state index in [1.165, 1.54) is 12.1 Å². The highest BCUT2D eigenvalue weighted by atomic mass is 35.5. The van der Waals surface area contributed by atoms with Crippen LogP contribution in [-0.2, 0) is 16.9 Å². The molecule has 1 saturated heterocycles. The van der Waals surface area contributed by atoms with Crippen molar-refractivity contribution < 1.29 is 19.4 Å². The first-order valence-corrected chi connectivity index (χ1v) is 8.95. The summed E-state index contributed by atoms with van der Waals surface area (Å²) in [6, 6.07) is 9.59. The van der Waals surface area contributed by atoms with Crippen molar-refractivity contribution in [2.45, 2.75) is 12.1 Å². The van der Waals surface area contributed by atoms with Gasteiger partial charge in [0.05, 0.1) is 18.7 Å². The molecule has 8 heteroatoms. The molecule has 1 fully saturated rings. The largest absolute Gasteiger partial charge is 0.506 e. The molecule has 7 nitrogen and oxygen atoms in total. The van der Waals surface area contributed by atoms with Crippen molar-refractivity contribution in [2.24, 2.45) is 0 Å². The lowest BCUT2D eigenvalue weighted by atomic mass is 9.89. The van der Waals surface area contributed by atoms with Crippen LogP contribution < -0.4 is 15.4 Å². The van der Waals surface area contributed by atoms with Gasteiger partial charge in [0, 0.05) is 17.8 Å².